The van der Waals surface area contributed by atoms with Crippen molar-refractivity contribution >= 4 is 25.0 Å². The van der Waals surface area contributed by atoms with Gasteiger partial charge in [0, 0.05) is 12.0 Å². The monoisotopic (exact) mass is 255 g/mol. The minimum atomic E-state index is -0.315. The van der Waals surface area contributed by atoms with Gasteiger partial charge in [0.25, 0.3) is 0 Å². The lowest BCUT2D eigenvalue weighted by atomic mass is 9.78. The molecule has 0 amide bonds. The van der Waals surface area contributed by atoms with Gasteiger partial charge in [0.15, 0.2) is 0 Å². The van der Waals surface area contributed by atoms with E-state index in [1.807, 2.05) is 25.1 Å². The van der Waals surface area contributed by atoms with Crippen molar-refractivity contribution in [1.29, 1.82) is 0 Å². The van der Waals surface area contributed by atoms with E-state index < -0.39 is 0 Å². The molecule has 2 N–H and O–H groups in total. The fourth-order valence-electron chi connectivity index (χ4n) is 2.27. The van der Waals surface area contributed by atoms with Crippen LogP contribution >= 0.6 is 12.4 Å². The molecule has 1 aromatic carbocycles. The van der Waals surface area contributed by atoms with Crippen LogP contribution in [0.25, 0.3) is 0 Å². The zero-order valence-corrected chi connectivity index (χ0v) is 10.4. The Morgan fingerprint density at radius 2 is 2.29 bits per heavy atom. The third-order valence-corrected chi connectivity index (χ3v) is 2.99. The largest absolute Gasteiger partial charge is 0.498 e. The van der Waals surface area contributed by atoms with Crippen LogP contribution in [0, 0.1) is 0 Å². The van der Waals surface area contributed by atoms with Crippen molar-refractivity contribution in [2.75, 3.05) is 13.2 Å². The Bertz CT molecular complexity index is 418. The number of hydrogen-bond donors (Lipinski definition) is 1. The minimum absolute atomic E-state index is 0. The van der Waals surface area contributed by atoms with Crippen molar-refractivity contribution in [2.24, 2.45) is 5.73 Å². The molecule has 17 heavy (non-hydrogen) atoms. The summed E-state index contributed by atoms with van der Waals surface area (Å²) in [5.74, 6) is 0.864. The minimum Gasteiger partial charge on any atom is -0.489 e. The fourth-order valence-corrected chi connectivity index (χ4v) is 2.27. The van der Waals surface area contributed by atoms with Crippen molar-refractivity contribution < 1.29 is 14.0 Å². The Morgan fingerprint density at radius 3 is 3.06 bits per heavy atom. The molecule has 2 aliphatic rings. The van der Waals surface area contributed by atoms with Gasteiger partial charge in [0.05, 0.1) is 12.7 Å². The molecule has 0 aromatic heterocycles. The van der Waals surface area contributed by atoms with E-state index >= 15 is 0 Å². The van der Waals surface area contributed by atoms with E-state index in [1.165, 1.54) is 0 Å². The quantitative estimate of drug-likeness (QED) is 0.748. The van der Waals surface area contributed by atoms with Crippen LogP contribution in [0.1, 0.15) is 18.6 Å². The number of rotatable bonds is 1. The topological polar surface area (TPSA) is 53.7 Å². The summed E-state index contributed by atoms with van der Waals surface area (Å²) in [5, 5.41) is 0. The predicted molar refractivity (Wildman–Crippen MR) is 68.0 cm³/mol. The Morgan fingerprint density at radius 1 is 1.47 bits per heavy atom. The number of hydrogen-bond acceptors (Lipinski definition) is 4. The number of ether oxygens (including phenoxy) is 1. The lowest BCUT2D eigenvalue weighted by molar-refractivity contribution is 0.113. The molecule has 0 saturated carbocycles. The average Bonchev–Trinajstić information content (AvgIpc) is 2.57. The second kappa shape index (κ2) is 4.86. The maximum absolute atomic E-state index is 5.80. The molecule has 0 saturated heterocycles. The summed E-state index contributed by atoms with van der Waals surface area (Å²) in [7, 11) is -0.315. The van der Waals surface area contributed by atoms with E-state index in [0.29, 0.717) is 13.2 Å². The van der Waals surface area contributed by atoms with Gasteiger partial charge in [-0.05, 0) is 18.6 Å². The molecule has 2 heterocycles. The molecule has 0 aliphatic carbocycles. The zero-order valence-electron chi connectivity index (χ0n) is 9.59. The van der Waals surface area contributed by atoms with E-state index in [2.05, 4.69) is 0 Å². The van der Waals surface area contributed by atoms with Gasteiger partial charge in [0.1, 0.15) is 11.9 Å². The molecular formula is C11H15BClNO3. The Balaban J connectivity index is 0.00000108. The first-order chi connectivity index (χ1) is 7.79. The van der Waals surface area contributed by atoms with Crippen LogP contribution in [0.5, 0.6) is 5.75 Å². The van der Waals surface area contributed by atoms with Gasteiger partial charge in [-0.2, -0.15) is 0 Å². The van der Waals surface area contributed by atoms with Gasteiger partial charge in [-0.15, -0.1) is 12.4 Å². The molecular weight excluding hydrogens is 240 g/mol. The van der Waals surface area contributed by atoms with Crippen LogP contribution in [-0.2, 0) is 9.31 Å². The SMILES string of the molecule is CC1COB2OC(CN)c3cccc(c32)O1.Cl. The van der Waals surface area contributed by atoms with Gasteiger partial charge in [0.2, 0.25) is 0 Å². The molecule has 1 aromatic rings. The van der Waals surface area contributed by atoms with E-state index in [4.69, 9.17) is 19.8 Å². The number of nitrogens with two attached hydrogens (primary N) is 1. The van der Waals surface area contributed by atoms with E-state index in [0.717, 1.165) is 16.8 Å². The number of halogens is 1. The van der Waals surface area contributed by atoms with E-state index in [1.54, 1.807) is 0 Å². The lowest BCUT2D eigenvalue weighted by Crippen LogP contribution is -2.31. The van der Waals surface area contributed by atoms with Crippen LogP contribution in [0.4, 0.5) is 0 Å². The van der Waals surface area contributed by atoms with Gasteiger partial charge in [-0.3, -0.25) is 0 Å². The van der Waals surface area contributed by atoms with Crippen molar-refractivity contribution in [3.8, 4) is 5.75 Å². The molecule has 3 rings (SSSR count). The summed E-state index contributed by atoms with van der Waals surface area (Å²) >= 11 is 0. The summed E-state index contributed by atoms with van der Waals surface area (Å²) in [6.45, 7) is 2.99. The highest BCUT2D eigenvalue weighted by atomic mass is 35.5. The highest BCUT2D eigenvalue weighted by molar-refractivity contribution is 6.64. The molecule has 2 aliphatic heterocycles. The van der Waals surface area contributed by atoms with Crippen molar-refractivity contribution in [3.05, 3.63) is 23.8 Å². The first-order valence-corrected chi connectivity index (χ1v) is 5.56. The Hall–Kier alpha value is -0.745. The third-order valence-electron chi connectivity index (χ3n) is 2.99. The van der Waals surface area contributed by atoms with Crippen LogP contribution < -0.4 is 15.9 Å². The molecule has 2 atom stereocenters. The van der Waals surface area contributed by atoms with Crippen molar-refractivity contribution in [2.45, 2.75) is 19.1 Å². The maximum Gasteiger partial charge on any atom is 0.498 e. The third kappa shape index (κ3) is 2.04. The molecule has 0 spiro atoms. The first-order valence-electron chi connectivity index (χ1n) is 5.56. The van der Waals surface area contributed by atoms with Crippen LogP contribution in [0.3, 0.4) is 0 Å². The molecule has 6 heteroatoms. The predicted octanol–water partition coefficient (Wildman–Crippen LogP) is 0.631. The smallest absolute Gasteiger partial charge is 0.489 e. The summed E-state index contributed by atoms with van der Waals surface area (Å²) in [6, 6.07) is 5.96. The fraction of sp³-hybridized carbons (Fsp3) is 0.455. The highest BCUT2D eigenvalue weighted by Crippen LogP contribution is 2.30. The molecule has 2 unspecified atom stereocenters. The molecule has 0 radical (unpaired) electrons. The summed E-state index contributed by atoms with van der Waals surface area (Å²) in [4.78, 5) is 0. The second-order valence-electron chi connectivity index (χ2n) is 4.21. The van der Waals surface area contributed by atoms with Crippen molar-refractivity contribution in [3.63, 3.8) is 0 Å². The molecule has 4 nitrogen and oxygen atoms in total. The first kappa shape index (κ1) is 12.7. The summed E-state index contributed by atoms with van der Waals surface area (Å²) < 4.78 is 17.2. The normalized spacial score (nSPS) is 25.6. The van der Waals surface area contributed by atoms with Gasteiger partial charge < -0.3 is 19.8 Å². The van der Waals surface area contributed by atoms with Gasteiger partial charge in [-0.1, -0.05) is 12.1 Å². The Kier molecular flexibility index (Phi) is 3.63. The van der Waals surface area contributed by atoms with E-state index in [9.17, 15) is 0 Å². The molecule has 0 fully saturated rings. The summed E-state index contributed by atoms with van der Waals surface area (Å²) in [5.41, 5.74) is 7.79. The van der Waals surface area contributed by atoms with Crippen LogP contribution in [-0.4, -0.2) is 26.4 Å². The average molecular weight is 256 g/mol. The van der Waals surface area contributed by atoms with Crippen LogP contribution in [0.15, 0.2) is 18.2 Å². The van der Waals surface area contributed by atoms with Gasteiger partial charge in [-0.25, -0.2) is 0 Å². The molecule has 92 valence electrons. The standard InChI is InChI=1S/C11H14BNO3.ClH/c1-7-6-14-12-11-8(10(5-13)16-12)3-2-4-9(11)15-7;/h2-4,7,10H,5-6,13H2,1H3;1H. The second-order valence-corrected chi connectivity index (χ2v) is 4.21. The maximum atomic E-state index is 5.80. The Labute approximate surface area is 107 Å². The van der Waals surface area contributed by atoms with Crippen molar-refractivity contribution in [1.82, 2.24) is 0 Å². The zero-order chi connectivity index (χ0) is 11.1. The number of benzene rings is 1. The highest BCUT2D eigenvalue weighted by Gasteiger charge is 2.41. The van der Waals surface area contributed by atoms with E-state index in [-0.39, 0.29) is 31.7 Å². The summed E-state index contributed by atoms with van der Waals surface area (Å²) in [6.07, 6.45) is -0.0195. The molecule has 0 bridgehead atoms. The van der Waals surface area contributed by atoms with Crippen LogP contribution in [0.2, 0.25) is 0 Å². The lowest BCUT2D eigenvalue weighted by Gasteiger charge is -2.15. The van der Waals surface area contributed by atoms with Gasteiger partial charge >= 0.3 is 7.12 Å².